The summed E-state index contributed by atoms with van der Waals surface area (Å²) in [5, 5.41) is 0. The predicted molar refractivity (Wildman–Crippen MR) is 122 cm³/mol. The maximum atomic E-state index is 12.7. The third kappa shape index (κ3) is 3.77. The topological polar surface area (TPSA) is 35.5 Å². The summed E-state index contributed by atoms with van der Waals surface area (Å²) in [7, 11) is 1.75. The van der Waals surface area contributed by atoms with E-state index in [2.05, 4.69) is 37.3 Å². The van der Waals surface area contributed by atoms with Gasteiger partial charge in [0.25, 0.3) is 0 Å². The van der Waals surface area contributed by atoms with E-state index >= 15 is 0 Å². The molecule has 2 saturated carbocycles. The minimum Gasteiger partial charge on any atom is -0.497 e. The maximum absolute atomic E-state index is 12.7. The smallest absolute Gasteiger partial charge is 0.306 e. The van der Waals surface area contributed by atoms with E-state index in [0.29, 0.717) is 24.2 Å². The van der Waals surface area contributed by atoms with Crippen molar-refractivity contribution < 1.29 is 14.3 Å². The van der Waals surface area contributed by atoms with Crippen LogP contribution in [-0.4, -0.2) is 19.2 Å². The van der Waals surface area contributed by atoms with Crippen LogP contribution in [-0.2, 0) is 22.4 Å². The van der Waals surface area contributed by atoms with Crippen molar-refractivity contribution in [3.63, 3.8) is 0 Å². The molecule has 2 fully saturated rings. The van der Waals surface area contributed by atoms with Crippen LogP contribution in [0.1, 0.15) is 68.1 Å². The lowest BCUT2D eigenvalue weighted by atomic mass is 9.55. The third-order valence-corrected chi connectivity index (χ3v) is 8.58. The number of carbonyl (C=O) groups is 1. The van der Waals surface area contributed by atoms with E-state index in [1.165, 1.54) is 30.4 Å². The van der Waals surface area contributed by atoms with Gasteiger partial charge < -0.3 is 9.47 Å². The molecule has 3 nitrogen and oxygen atoms in total. The molecular formula is C28H34O3. The van der Waals surface area contributed by atoms with E-state index in [1.54, 1.807) is 12.7 Å². The van der Waals surface area contributed by atoms with Crippen molar-refractivity contribution in [3.05, 3.63) is 65.2 Å². The zero-order valence-corrected chi connectivity index (χ0v) is 18.8. The average Bonchev–Trinajstić information content (AvgIpc) is 3.13. The van der Waals surface area contributed by atoms with Crippen LogP contribution in [0.5, 0.6) is 5.75 Å². The van der Waals surface area contributed by atoms with Crippen LogP contribution in [0.2, 0.25) is 0 Å². The number of ether oxygens (including phenoxy) is 2. The molecule has 31 heavy (non-hydrogen) atoms. The van der Waals surface area contributed by atoms with Crippen molar-refractivity contribution in [2.24, 2.45) is 17.3 Å². The number of fused-ring (bicyclic) bond motifs is 5. The molecule has 2 aromatic carbocycles. The first-order valence-corrected chi connectivity index (χ1v) is 12.0. The van der Waals surface area contributed by atoms with Crippen LogP contribution in [0.25, 0.3) is 0 Å². The summed E-state index contributed by atoms with van der Waals surface area (Å²) in [4.78, 5) is 12.7. The fraction of sp³-hybridized carbons (Fsp3) is 0.536. The van der Waals surface area contributed by atoms with Crippen LogP contribution in [0.3, 0.4) is 0 Å². The lowest BCUT2D eigenvalue weighted by Gasteiger charge is -2.50. The number of hydrogen-bond acceptors (Lipinski definition) is 3. The molecule has 0 N–H and O–H groups in total. The summed E-state index contributed by atoms with van der Waals surface area (Å²) < 4.78 is 11.6. The quantitative estimate of drug-likeness (QED) is 0.551. The van der Waals surface area contributed by atoms with Crippen LogP contribution in [0.4, 0.5) is 0 Å². The van der Waals surface area contributed by atoms with Crippen molar-refractivity contribution in [1.29, 1.82) is 0 Å². The zero-order chi connectivity index (χ0) is 21.4. The van der Waals surface area contributed by atoms with Gasteiger partial charge in [-0.15, -0.1) is 0 Å². The van der Waals surface area contributed by atoms with Crippen molar-refractivity contribution in [1.82, 2.24) is 0 Å². The number of hydrogen-bond donors (Lipinski definition) is 0. The molecule has 5 unspecified atom stereocenters. The van der Waals surface area contributed by atoms with Gasteiger partial charge in [-0.1, -0.05) is 43.3 Å². The number of esters is 1. The number of methoxy groups -OCH3 is 1. The minimum absolute atomic E-state index is 0.0288. The van der Waals surface area contributed by atoms with Gasteiger partial charge in [0.2, 0.25) is 0 Å². The highest BCUT2D eigenvalue weighted by molar-refractivity contribution is 5.70. The fourth-order valence-corrected chi connectivity index (χ4v) is 6.94. The van der Waals surface area contributed by atoms with Gasteiger partial charge in [-0.25, -0.2) is 0 Å². The number of benzene rings is 2. The molecule has 0 saturated heterocycles. The van der Waals surface area contributed by atoms with Gasteiger partial charge in [0.05, 0.1) is 7.11 Å². The molecule has 3 heteroatoms. The Kier molecular flexibility index (Phi) is 5.54. The maximum Gasteiger partial charge on any atom is 0.306 e. The average molecular weight is 419 g/mol. The van der Waals surface area contributed by atoms with Gasteiger partial charge in [0, 0.05) is 11.8 Å². The lowest BCUT2D eigenvalue weighted by Crippen LogP contribution is -2.45. The molecule has 5 rings (SSSR count). The summed E-state index contributed by atoms with van der Waals surface area (Å²) in [6.07, 6.45) is 8.29. The Hall–Kier alpha value is -2.29. The first-order chi connectivity index (χ1) is 15.1. The van der Waals surface area contributed by atoms with Gasteiger partial charge in [0.15, 0.2) is 0 Å². The van der Waals surface area contributed by atoms with Crippen molar-refractivity contribution >= 4 is 5.97 Å². The summed E-state index contributed by atoms with van der Waals surface area (Å²) in [6.45, 7) is 2.40. The minimum atomic E-state index is -0.0288. The van der Waals surface area contributed by atoms with Crippen LogP contribution in [0.15, 0.2) is 48.5 Å². The number of rotatable bonds is 5. The number of aryl methyl sites for hydroxylation is 2. The van der Waals surface area contributed by atoms with Gasteiger partial charge >= 0.3 is 5.97 Å². The SMILES string of the molecule is COc1ccc2c(c1)CCC1C2CCC2(C)C(OC(=O)CCc3ccccc3)CCC12. The molecule has 0 radical (unpaired) electrons. The molecule has 0 heterocycles. The Labute approximate surface area is 186 Å². The zero-order valence-electron chi connectivity index (χ0n) is 18.8. The van der Waals surface area contributed by atoms with Crippen molar-refractivity contribution in [2.45, 2.75) is 70.3 Å². The van der Waals surface area contributed by atoms with Gasteiger partial charge in [-0.2, -0.15) is 0 Å². The second kappa shape index (κ2) is 8.33. The van der Waals surface area contributed by atoms with E-state index < -0.39 is 0 Å². The molecule has 0 amide bonds. The van der Waals surface area contributed by atoms with Crippen LogP contribution >= 0.6 is 0 Å². The highest BCUT2D eigenvalue weighted by atomic mass is 16.5. The highest BCUT2D eigenvalue weighted by Gasteiger charge is 2.56. The van der Waals surface area contributed by atoms with E-state index in [9.17, 15) is 4.79 Å². The molecule has 3 aliphatic rings. The first kappa shape index (κ1) is 20.6. The fourth-order valence-electron chi connectivity index (χ4n) is 6.94. The molecule has 5 atom stereocenters. The Balaban J connectivity index is 1.26. The molecule has 0 aromatic heterocycles. The highest BCUT2D eigenvalue weighted by Crippen LogP contribution is 2.61. The van der Waals surface area contributed by atoms with E-state index in [1.807, 2.05) is 18.2 Å². The van der Waals surface area contributed by atoms with Gasteiger partial charge in [-0.05, 0) is 91.5 Å². The van der Waals surface area contributed by atoms with Gasteiger partial charge in [-0.3, -0.25) is 4.79 Å². The Morgan fingerprint density at radius 2 is 1.90 bits per heavy atom. The van der Waals surface area contributed by atoms with Crippen molar-refractivity contribution in [2.75, 3.05) is 7.11 Å². The van der Waals surface area contributed by atoms with Gasteiger partial charge in [0.1, 0.15) is 11.9 Å². The van der Waals surface area contributed by atoms with Crippen LogP contribution < -0.4 is 4.74 Å². The third-order valence-electron chi connectivity index (χ3n) is 8.58. The molecule has 0 aliphatic heterocycles. The molecular weight excluding hydrogens is 384 g/mol. The normalized spacial score (nSPS) is 31.3. The molecule has 164 valence electrons. The summed E-state index contributed by atoms with van der Waals surface area (Å²) >= 11 is 0. The summed E-state index contributed by atoms with van der Waals surface area (Å²) in [5.41, 5.74) is 4.36. The van der Waals surface area contributed by atoms with E-state index in [4.69, 9.17) is 9.47 Å². The molecule has 0 bridgehead atoms. The largest absolute Gasteiger partial charge is 0.497 e. The van der Waals surface area contributed by atoms with Crippen molar-refractivity contribution in [3.8, 4) is 5.75 Å². The molecule has 2 aromatic rings. The standard InChI is InChI=1S/C28H34O3/c1-28-17-16-23-22-12-10-21(30-2)18-20(22)9-11-24(23)25(28)13-14-26(28)31-27(29)15-8-19-6-4-3-5-7-19/h3-7,10,12,18,23-26H,8-9,11,13-17H2,1-2H3. The monoisotopic (exact) mass is 418 g/mol. The molecule has 3 aliphatic carbocycles. The first-order valence-electron chi connectivity index (χ1n) is 12.0. The van der Waals surface area contributed by atoms with E-state index in [0.717, 1.165) is 31.4 Å². The second-order valence-corrected chi connectivity index (χ2v) is 10.1. The lowest BCUT2D eigenvalue weighted by molar-refractivity contribution is -0.157. The Morgan fingerprint density at radius 3 is 2.71 bits per heavy atom. The Bertz CT molecular complexity index is 937. The second-order valence-electron chi connectivity index (χ2n) is 10.1. The predicted octanol–water partition coefficient (Wildman–Crippen LogP) is 6.10. The van der Waals surface area contributed by atoms with Crippen LogP contribution in [0, 0.1) is 17.3 Å². The molecule has 0 spiro atoms. The van der Waals surface area contributed by atoms with E-state index in [-0.39, 0.29) is 17.5 Å². The summed E-state index contributed by atoms with van der Waals surface area (Å²) in [6, 6.07) is 16.9. The number of carbonyl (C=O) groups excluding carboxylic acids is 1. The Morgan fingerprint density at radius 1 is 1.06 bits per heavy atom. The summed E-state index contributed by atoms with van der Waals surface area (Å²) in [5.74, 6) is 2.97.